The van der Waals surface area contributed by atoms with E-state index in [1.54, 1.807) is 0 Å². The second kappa shape index (κ2) is 3.11. The van der Waals surface area contributed by atoms with Crippen LogP contribution in [0.2, 0.25) is 0 Å². The van der Waals surface area contributed by atoms with Crippen molar-refractivity contribution in [3.63, 3.8) is 0 Å². The Balaban J connectivity index is 3.46. The standard InChI is InChI=1S/C8H18/c1-6(2)8(5)7(3)4/h6-8H,1-5H3. The Kier molecular flexibility index (Phi) is 3.11. The van der Waals surface area contributed by atoms with Crippen molar-refractivity contribution in [1.29, 1.82) is 0 Å². The van der Waals surface area contributed by atoms with E-state index in [2.05, 4.69) is 34.6 Å². The van der Waals surface area contributed by atoms with E-state index in [0.29, 0.717) is 0 Å². The van der Waals surface area contributed by atoms with Crippen LogP contribution in [-0.4, -0.2) is 0 Å². The minimum atomic E-state index is 0.843. The van der Waals surface area contributed by atoms with Crippen LogP contribution in [0, 0.1) is 17.8 Å². The molecule has 50 valence electrons. The van der Waals surface area contributed by atoms with Crippen LogP contribution in [-0.2, 0) is 0 Å². The van der Waals surface area contributed by atoms with E-state index >= 15 is 0 Å². The summed E-state index contributed by atoms with van der Waals surface area (Å²) in [5.74, 6) is 2.56. The van der Waals surface area contributed by atoms with Crippen molar-refractivity contribution < 1.29 is 0 Å². The van der Waals surface area contributed by atoms with Crippen LogP contribution >= 0.6 is 0 Å². The van der Waals surface area contributed by atoms with Gasteiger partial charge in [-0.1, -0.05) is 34.6 Å². The maximum Gasteiger partial charge on any atom is -0.0396 e. The highest BCUT2D eigenvalue weighted by molar-refractivity contribution is 4.59. The first-order valence-electron chi connectivity index (χ1n) is 3.55. The van der Waals surface area contributed by atoms with Gasteiger partial charge in [0.25, 0.3) is 0 Å². The van der Waals surface area contributed by atoms with E-state index in [1.165, 1.54) is 0 Å². The third kappa shape index (κ3) is 2.34. The smallest absolute Gasteiger partial charge is 0.0396 e. The summed E-state index contributed by atoms with van der Waals surface area (Å²) in [7, 11) is 0. The molecule has 8 heavy (non-hydrogen) atoms. The summed E-state index contributed by atoms with van der Waals surface area (Å²) in [6.07, 6.45) is 0. The van der Waals surface area contributed by atoms with Crippen molar-refractivity contribution in [2.45, 2.75) is 34.6 Å². The van der Waals surface area contributed by atoms with E-state index < -0.39 is 0 Å². The molecule has 0 fully saturated rings. The summed E-state index contributed by atoms with van der Waals surface area (Å²) in [4.78, 5) is 0. The lowest BCUT2D eigenvalue weighted by Gasteiger charge is -2.18. The molecule has 0 spiro atoms. The maximum absolute atomic E-state index is 2.31. The molecule has 0 heteroatoms. The molecule has 0 aromatic heterocycles. The van der Waals surface area contributed by atoms with Gasteiger partial charge in [0, 0.05) is 0 Å². The molecule has 0 saturated heterocycles. The Morgan fingerprint density at radius 1 is 0.625 bits per heavy atom. The molecule has 0 radical (unpaired) electrons. The van der Waals surface area contributed by atoms with Gasteiger partial charge < -0.3 is 0 Å². The van der Waals surface area contributed by atoms with Gasteiger partial charge in [0.1, 0.15) is 0 Å². The lowest BCUT2D eigenvalue weighted by molar-refractivity contribution is 0.316. The molecule has 0 saturated carbocycles. The second-order valence-corrected chi connectivity index (χ2v) is 3.35. The lowest BCUT2D eigenvalue weighted by atomic mass is 9.88. The average Bonchev–Trinajstić information content (AvgIpc) is 1.64. The molecule has 0 unspecified atom stereocenters. The van der Waals surface area contributed by atoms with Crippen molar-refractivity contribution in [3.05, 3.63) is 0 Å². The van der Waals surface area contributed by atoms with Crippen molar-refractivity contribution in [2.24, 2.45) is 17.8 Å². The highest BCUT2D eigenvalue weighted by Crippen LogP contribution is 2.18. The second-order valence-electron chi connectivity index (χ2n) is 3.35. The van der Waals surface area contributed by atoms with Crippen LogP contribution in [0.5, 0.6) is 0 Å². The highest BCUT2D eigenvalue weighted by atomic mass is 14.2. The summed E-state index contributed by atoms with van der Waals surface area (Å²) >= 11 is 0. The topological polar surface area (TPSA) is 0 Å². The zero-order chi connectivity index (χ0) is 6.73. The summed E-state index contributed by atoms with van der Waals surface area (Å²) in [6, 6.07) is 0. The van der Waals surface area contributed by atoms with Gasteiger partial charge in [-0.2, -0.15) is 0 Å². The molecule has 0 bridgehead atoms. The van der Waals surface area contributed by atoms with Gasteiger partial charge in [-0.25, -0.2) is 0 Å². The Labute approximate surface area is 53.3 Å². The van der Waals surface area contributed by atoms with Crippen LogP contribution in [0.4, 0.5) is 0 Å². The molecule has 0 nitrogen and oxygen atoms in total. The fourth-order valence-electron chi connectivity index (χ4n) is 0.770. The molecule has 0 atom stereocenters. The summed E-state index contributed by atoms with van der Waals surface area (Å²) in [6.45, 7) is 11.4. The van der Waals surface area contributed by atoms with Gasteiger partial charge in [0.05, 0.1) is 0 Å². The Bertz CT molecular complexity index is 45.1. The predicted molar refractivity (Wildman–Crippen MR) is 38.8 cm³/mol. The van der Waals surface area contributed by atoms with Crippen LogP contribution in [0.3, 0.4) is 0 Å². The molecule has 0 aliphatic heterocycles. The molecular formula is C8H18. The summed E-state index contributed by atoms with van der Waals surface area (Å²) in [5.41, 5.74) is 0. The van der Waals surface area contributed by atoms with Gasteiger partial charge in [0.2, 0.25) is 0 Å². The van der Waals surface area contributed by atoms with Crippen molar-refractivity contribution >= 4 is 0 Å². The van der Waals surface area contributed by atoms with E-state index in [1.807, 2.05) is 0 Å². The molecule has 0 heterocycles. The van der Waals surface area contributed by atoms with Gasteiger partial charge in [-0.05, 0) is 17.8 Å². The van der Waals surface area contributed by atoms with Crippen molar-refractivity contribution in [2.75, 3.05) is 0 Å². The molecule has 0 aromatic rings. The highest BCUT2D eigenvalue weighted by Gasteiger charge is 2.09. The first-order chi connectivity index (χ1) is 3.55. The van der Waals surface area contributed by atoms with Gasteiger partial charge in [-0.3, -0.25) is 0 Å². The fraction of sp³-hybridized carbons (Fsp3) is 1.00. The monoisotopic (exact) mass is 114 g/mol. The van der Waals surface area contributed by atoms with Gasteiger partial charge >= 0.3 is 0 Å². The SMILES string of the molecule is CC(C)C(C)C(C)C. The minimum Gasteiger partial charge on any atom is -0.0625 e. The number of hydrogen-bond donors (Lipinski definition) is 0. The third-order valence-corrected chi connectivity index (χ3v) is 2.10. The van der Waals surface area contributed by atoms with Crippen LogP contribution < -0.4 is 0 Å². The molecule has 0 aliphatic carbocycles. The predicted octanol–water partition coefficient (Wildman–Crippen LogP) is 2.93. The summed E-state index contributed by atoms with van der Waals surface area (Å²) < 4.78 is 0. The molecule has 0 aliphatic rings. The van der Waals surface area contributed by atoms with E-state index in [9.17, 15) is 0 Å². The Morgan fingerprint density at radius 3 is 0.875 bits per heavy atom. The van der Waals surface area contributed by atoms with Crippen molar-refractivity contribution in [3.8, 4) is 0 Å². The van der Waals surface area contributed by atoms with Crippen LogP contribution in [0.1, 0.15) is 34.6 Å². The van der Waals surface area contributed by atoms with E-state index in [4.69, 9.17) is 0 Å². The molecule has 0 aromatic carbocycles. The van der Waals surface area contributed by atoms with E-state index in [0.717, 1.165) is 17.8 Å². The van der Waals surface area contributed by atoms with Crippen LogP contribution in [0.25, 0.3) is 0 Å². The number of hydrogen-bond acceptors (Lipinski definition) is 0. The van der Waals surface area contributed by atoms with Crippen molar-refractivity contribution in [1.82, 2.24) is 0 Å². The largest absolute Gasteiger partial charge is 0.0625 e. The van der Waals surface area contributed by atoms with E-state index in [-0.39, 0.29) is 0 Å². The first kappa shape index (κ1) is 8.00. The first-order valence-corrected chi connectivity index (χ1v) is 3.55. The Morgan fingerprint density at radius 2 is 0.875 bits per heavy atom. The zero-order valence-corrected chi connectivity index (χ0v) is 6.73. The van der Waals surface area contributed by atoms with Gasteiger partial charge in [0.15, 0.2) is 0 Å². The zero-order valence-electron chi connectivity index (χ0n) is 6.73. The Hall–Kier alpha value is 0. The molecule has 0 N–H and O–H groups in total. The normalized spacial score (nSPS) is 12.0. The minimum absolute atomic E-state index is 0.843. The lowest BCUT2D eigenvalue weighted by Crippen LogP contribution is -2.10. The quantitative estimate of drug-likeness (QED) is 0.517. The third-order valence-electron chi connectivity index (χ3n) is 2.10. The molecular weight excluding hydrogens is 96.1 g/mol. The molecule has 0 rings (SSSR count). The van der Waals surface area contributed by atoms with Crippen LogP contribution in [0.15, 0.2) is 0 Å². The maximum atomic E-state index is 2.31. The average molecular weight is 114 g/mol. The summed E-state index contributed by atoms with van der Waals surface area (Å²) in [5, 5.41) is 0. The molecule has 0 amide bonds. The fourth-order valence-corrected chi connectivity index (χ4v) is 0.770. The number of rotatable bonds is 2. The van der Waals surface area contributed by atoms with Gasteiger partial charge in [-0.15, -0.1) is 0 Å².